The first-order valence-corrected chi connectivity index (χ1v) is 6.66. The molecule has 4 nitrogen and oxygen atoms in total. The number of carboxylic acids is 1. The molecule has 1 fully saturated rings. The van der Waals surface area contributed by atoms with Crippen molar-refractivity contribution < 1.29 is 14.3 Å². The number of carboxylic acid groups (broad SMARTS) is 1. The lowest BCUT2D eigenvalue weighted by Crippen LogP contribution is -2.21. The highest BCUT2D eigenvalue weighted by atomic mass is 19.1. The van der Waals surface area contributed by atoms with Crippen molar-refractivity contribution in [2.75, 3.05) is 0 Å². The normalized spacial score (nSPS) is 15.8. The summed E-state index contributed by atoms with van der Waals surface area (Å²) in [6.07, 6.45) is 3.75. The van der Waals surface area contributed by atoms with E-state index in [0.29, 0.717) is 10.9 Å². The van der Waals surface area contributed by atoms with Gasteiger partial charge in [0.1, 0.15) is 11.5 Å². The molecule has 1 aromatic heterocycles. The van der Waals surface area contributed by atoms with Crippen molar-refractivity contribution in [3.8, 4) is 0 Å². The third-order valence-corrected chi connectivity index (χ3v) is 3.92. The first-order chi connectivity index (χ1) is 9.58. The summed E-state index contributed by atoms with van der Waals surface area (Å²) in [5.74, 6) is -1.62. The monoisotopic (exact) mass is 275 g/mol. The van der Waals surface area contributed by atoms with Crippen molar-refractivity contribution >= 4 is 16.9 Å². The molecule has 104 valence electrons. The number of pyridine rings is 1. The summed E-state index contributed by atoms with van der Waals surface area (Å²) in [4.78, 5) is 23.4. The highest BCUT2D eigenvalue weighted by Gasteiger charge is 2.24. The molecule has 0 saturated heterocycles. The second-order valence-corrected chi connectivity index (χ2v) is 5.17. The van der Waals surface area contributed by atoms with E-state index in [1.165, 1.54) is 18.2 Å². The number of hydrogen-bond acceptors (Lipinski definition) is 2. The molecule has 1 aliphatic rings. The number of fused-ring (bicyclic) bond motifs is 1. The van der Waals surface area contributed by atoms with Crippen molar-refractivity contribution in [3.63, 3.8) is 0 Å². The Balaban J connectivity index is 2.39. The van der Waals surface area contributed by atoms with Gasteiger partial charge in [-0.3, -0.25) is 4.79 Å². The number of aromatic nitrogens is 1. The van der Waals surface area contributed by atoms with E-state index in [4.69, 9.17) is 0 Å². The van der Waals surface area contributed by atoms with Gasteiger partial charge in [0.2, 0.25) is 0 Å². The van der Waals surface area contributed by atoms with Crippen LogP contribution in [0.2, 0.25) is 0 Å². The average molecular weight is 275 g/mol. The number of aromatic carboxylic acids is 1. The van der Waals surface area contributed by atoms with Crippen LogP contribution in [0.1, 0.15) is 42.2 Å². The van der Waals surface area contributed by atoms with E-state index in [1.54, 1.807) is 4.57 Å². The molecule has 1 N–H and O–H groups in total. The Hall–Kier alpha value is -2.17. The maximum Gasteiger partial charge on any atom is 0.352 e. The molecule has 0 unspecified atom stereocenters. The van der Waals surface area contributed by atoms with Gasteiger partial charge in [-0.2, -0.15) is 0 Å². The minimum absolute atomic E-state index is 0.0194. The van der Waals surface area contributed by atoms with Crippen LogP contribution in [0.4, 0.5) is 4.39 Å². The maximum atomic E-state index is 13.5. The first kappa shape index (κ1) is 12.8. The molecule has 0 radical (unpaired) electrons. The van der Waals surface area contributed by atoms with E-state index < -0.39 is 11.8 Å². The van der Waals surface area contributed by atoms with Crippen LogP contribution < -0.4 is 5.43 Å². The lowest BCUT2D eigenvalue weighted by Gasteiger charge is -2.20. The van der Waals surface area contributed by atoms with Crippen LogP contribution in [-0.4, -0.2) is 15.6 Å². The minimum Gasteiger partial charge on any atom is -0.477 e. The standard InChI is InChI=1S/C15H14FNO3/c16-9-5-6-11-12(7-9)17(10-3-1-2-4-10)13(15(19)20)8-14(11)18/h5-8,10H,1-4H2,(H,19,20). The zero-order chi connectivity index (χ0) is 14.3. The van der Waals surface area contributed by atoms with Crippen molar-refractivity contribution in [1.82, 2.24) is 4.57 Å². The van der Waals surface area contributed by atoms with Crippen LogP contribution in [-0.2, 0) is 0 Å². The topological polar surface area (TPSA) is 59.3 Å². The largest absolute Gasteiger partial charge is 0.477 e. The Morgan fingerprint density at radius 3 is 2.60 bits per heavy atom. The fourth-order valence-electron chi connectivity index (χ4n) is 3.03. The van der Waals surface area contributed by atoms with Crippen LogP contribution in [0, 0.1) is 5.82 Å². The van der Waals surface area contributed by atoms with Gasteiger partial charge in [0, 0.05) is 17.5 Å². The zero-order valence-corrected chi connectivity index (χ0v) is 10.8. The molecule has 1 aliphatic carbocycles. The van der Waals surface area contributed by atoms with Gasteiger partial charge in [-0.05, 0) is 31.0 Å². The van der Waals surface area contributed by atoms with Crippen LogP contribution in [0.3, 0.4) is 0 Å². The van der Waals surface area contributed by atoms with E-state index in [0.717, 1.165) is 31.7 Å². The summed E-state index contributed by atoms with van der Waals surface area (Å²) >= 11 is 0. The molecule has 1 aromatic carbocycles. The lowest BCUT2D eigenvalue weighted by molar-refractivity contribution is 0.0682. The number of halogens is 1. The Morgan fingerprint density at radius 1 is 1.25 bits per heavy atom. The SMILES string of the molecule is O=C(O)c1cc(=O)c2ccc(F)cc2n1C1CCCC1. The highest BCUT2D eigenvalue weighted by molar-refractivity contribution is 5.90. The molecule has 1 saturated carbocycles. The van der Waals surface area contributed by atoms with Gasteiger partial charge in [0.25, 0.3) is 0 Å². The van der Waals surface area contributed by atoms with E-state index in [2.05, 4.69) is 0 Å². The van der Waals surface area contributed by atoms with Crippen molar-refractivity contribution in [2.45, 2.75) is 31.7 Å². The minimum atomic E-state index is -1.15. The predicted octanol–water partition coefficient (Wildman–Crippen LogP) is 2.95. The lowest BCUT2D eigenvalue weighted by atomic mass is 10.1. The summed E-state index contributed by atoms with van der Waals surface area (Å²) in [5.41, 5.74) is -0.0616. The summed E-state index contributed by atoms with van der Waals surface area (Å²) in [5, 5.41) is 9.69. The summed E-state index contributed by atoms with van der Waals surface area (Å²) in [6.45, 7) is 0. The summed E-state index contributed by atoms with van der Waals surface area (Å²) < 4.78 is 15.1. The van der Waals surface area contributed by atoms with Crippen molar-refractivity contribution in [2.24, 2.45) is 0 Å². The molecule has 3 rings (SSSR count). The second-order valence-electron chi connectivity index (χ2n) is 5.17. The van der Waals surface area contributed by atoms with Crippen LogP contribution in [0.25, 0.3) is 10.9 Å². The summed E-state index contributed by atoms with van der Waals surface area (Å²) in [7, 11) is 0. The third-order valence-electron chi connectivity index (χ3n) is 3.92. The molecule has 0 bridgehead atoms. The van der Waals surface area contributed by atoms with E-state index in [9.17, 15) is 19.1 Å². The van der Waals surface area contributed by atoms with E-state index in [1.807, 2.05) is 0 Å². The summed E-state index contributed by atoms with van der Waals surface area (Å²) in [6, 6.07) is 5.06. The molecule has 0 amide bonds. The van der Waals surface area contributed by atoms with Crippen LogP contribution in [0.15, 0.2) is 29.1 Å². The molecular weight excluding hydrogens is 261 g/mol. The Labute approximate surface area is 114 Å². The molecule has 2 aromatic rings. The van der Waals surface area contributed by atoms with Crippen LogP contribution >= 0.6 is 0 Å². The fourth-order valence-corrected chi connectivity index (χ4v) is 3.03. The van der Waals surface area contributed by atoms with E-state index in [-0.39, 0.29) is 17.2 Å². The molecule has 0 atom stereocenters. The maximum absolute atomic E-state index is 13.5. The molecule has 5 heteroatoms. The second kappa shape index (κ2) is 4.74. The molecular formula is C15H14FNO3. The van der Waals surface area contributed by atoms with Crippen molar-refractivity contribution in [1.29, 1.82) is 0 Å². The number of nitrogens with zero attached hydrogens (tertiary/aromatic N) is 1. The van der Waals surface area contributed by atoms with Gasteiger partial charge < -0.3 is 9.67 Å². The zero-order valence-electron chi connectivity index (χ0n) is 10.8. The average Bonchev–Trinajstić information content (AvgIpc) is 2.91. The number of rotatable bonds is 2. The number of benzene rings is 1. The smallest absolute Gasteiger partial charge is 0.352 e. The molecule has 1 heterocycles. The Bertz CT molecular complexity index is 745. The highest BCUT2D eigenvalue weighted by Crippen LogP contribution is 2.33. The quantitative estimate of drug-likeness (QED) is 0.916. The number of hydrogen-bond donors (Lipinski definition) is 1. The van der Waals surface area contributed by atoms with Gasteiger partial charge >= 0.3 is 5.97 Å². The van der Waals surface area contributed by atoms with Gasteiger partial charge in [0.05, 0.1) is 5.52 Å². The first-order valence-electron chi connectivity index (χ1n) is 6.66. The van der Waals surface area contributed by atoms with Gasteiger partial charge in [-0.25, -0.2) is 9.18 Å². The van der Waals surface area contributed by atoms with Crippen LogP contribution in [0.5, 0.6) is 0 Å². The predicted molar refractivity (Wildman–Crippen MR) is 72.6 cm³/mol. The Kier molecular flexibility index (Phi) is 3.04. The number of carbonyl (C=O) groups is 1. The van der Waals surface area contributed by atoms with E-state index >= 15 is 0 Å². The molecule has 0 aliphatic heterocycles. The van der Waals surface area contributed by atoms with Gasteiger partial charge in [-0.1, -0.05) is 12.8 Å². The third kappa shape index (κ3) is 1.99. The van der Waals surface area contributed by atoms with Crippen molar-refractivity contribution in [3.05, 3.63) is 46.0 Å². The molecule has 0 spiro atoms. The Morgan fingerprint density at radius 2 is 1.95 bits per heavy atom. The van der Waals surface area contributed by atoms with Gasteiger partial charge in [0.15, 0.2) is 5.43 Å². The van der Waals surface area contributed by atoms with Gasteiger partial charge in [-0.15, -0.1) is 0 Å². The molecule has 20 heavy (non-hydrogen) atoms. The fraction of sp³-hybridized carbons (Fsp3) is 0.333.